The molecule has 0 atom stereocenters. The second kappa shape index (κ2) is 10.5. The molecule has 5 nitrogen and oxygen atoms in total. The van der Waals surface area contributed by atoms with E-state index in [9.17, 15) is 9.18 Å². The lowest BCUT2D eigenvalue weighted by molar-refractivity contribution is 0.102. The van der Waals surface area contributed by atoms with Crippen LogP contribution in [-0.4, -0.2) is 15.7 Å². The number of aromatic nitrogens is 2. The molecule has 0 saturated carbocycles. The zero-order valence-electron chi connectivity index (χ0n) is 19.0. The van der Waals surface area contributed by atoms with Crippen LogP contribution >= 0.6 is 11.6 Å². The Hall–Kier alpha value is -3.64. The van der Waals surface area contributed by atoms with Crippen molar-refractivity contribution in [3.05, 3.63) is 112 Å². The van der Waals surface area contributed by atoms with Gasteiger partial charge in [0.25, 0.3) is 5.91 Å². The monoisotopic (exact) mass is 477 g/mol. The number of nitrogens with one attached hydrogen (secondary N) is 1. The Morgan fingerprint density at radius 3 is 2.65 bits per heavy atom. The minimum absolute atomic E-state index is 0.248. The molecule has 0 aliphatic heterocycles. The van der Waals surface area contributed by atoms with E-state index in [1.165, 1.54) is 17.7 Å². The molecule has 0 fully saturated rings. The van der Waals surface area contributed by atoms with Crippen molar-refractivity contribution in [2.24, 2.45) is 0 Å². The third-order valence-corrected chi connectivity index (χ3v) is 5.73. The van der Waals surface area contributed by atoms with Crippen LogP contribution in [0.3, 0.4) is 0 Å². The maximum Gasteiger partial charge on any atom is 0.255 e. The fourth-order valence-corrected chi connectivity index (χ4v) is 3.69. The van der Waals surface area contributed by atoms with Gasteiger partial charge in [0, 0.05) is 16.8 Å². The van der Waals surface area contributed by atoms with E-state index in [0.717, 1.165) is 16.9 Å². The molecule has 0 saturated heterocycles. The van der Waals surface area contributed by atoms with Crippen molar-refractivity contribution >= 4 is 23.2 Å². The highest BCUT2D eigenvalue weighted by molar-refractivity contribution is 6.31. The van der Waals surface area contributed by atoms with Gasteiger partial charge in [0.2, 0.25) is 0 Å². The van der Waals surface area contributed by atoms with Crippen molar-refractivity contribution in [2.75, 3.05) is 5.32 Å². The molecule has 4 rings (SSSR count). The molecule has 1 N–H and O–H groups in total. The first-order chi connectivity index (χ1) is 16.4. The molecule has 0 aliphatic rings. The number of hydrogen-bond acceptors (Lipinski definition) is 3. The van der Waals surface area contributed by atoms with Gasteiger partial charge < -0.3 is 10.1 Å². The van der Waals surface area contributed by atoms with Crippen molar-refractivity contribution in [3.8, 4) is 5.75 Å². The minimum atomic E-state index is -0.390. The summed E-state index contributed by atoms with van der Waals surface area (Å²) in [7, 11) is 0. The van der Waals surface area contributed by atoms with Gasteiger partial charge in [-0.3, -0.25) is 9.48 Å². The van der Waals surface area contributed by atoms with E-state index in [0.29, 0.717) is 35.3 Å². The van der Waals surface area contributed by atoms with Gasteiger partial charge in [-0.1, -0.05) is 55.8 Å². The average molecular weight is 478 g/mol. The highest BCUT2D eigenvalue weighted by Gasteiger charge is 2.10. The van der Waals surface area contributed by atoms with Crippen molar-refractivity contribution in [3.63, 3.8) is 0 Å². The number of ether oxygens (including phenoxy) is 1. The first-order valence-electron chi connectivity index (χ1n) is 11.0. The Bertz CT molecular complexity index is 1290. The fourth-order valence-electron chi connectivity index (χ4n) is 3.46. The van der Waals surface area contributed by atoms with Crippen LogP contribution in [0.1, 0.15) is 46.8 Å². The van der Waals surface area contributed by atoms with E-state index in [1.807, 2.05) is 24.3 Å². The zero-order chi connectivity index (χ0) is 24.1. The van der Waals surface area contributed by atoms with E-state index >= 15 is 0 Å². The van der Waals surface area contributed by atoms with Gasteiger partial charge in [-0.15, -0.1) is 0 Å². The van der Waals surface area contributed by atoms with Crippen molar-refractivity contribution in [1.82, 2.24) is 9.78 Å². The molecule has 1 amide bonds. The Balaban J connectivity index is 1.36. The molecule has 7 heteroatoms. The Labute approximate surface area is 203 Å². The lowest BCUT2D eigenvalue weighted by Crippen LogP contribution is -2.12. The van der Waals surface area contributed by atoms with Crippen LogP contribution in [0.5, 0.6) is 5.75 Å². The number of carbonyl (C=O) groups is 1. The smallest absolute Gasteiger partial charge is 0.255 e. The topological polar surface area (TPSA) is 56.1 Å². The number of halogens is 2. The van der Waals surface area contributed by atoms with Gasteiger partial charge >= 0.3 is 0 Å². The molecule has 174 valence electrons. The predicted molar refractivity (Wildman–Crippen MR) is 132 cm³/mol. The van der Waals surface area contributed by atoms with Crippen LogP contribution in [-0.2, 0) is 13.2 Å². The number of nitrogens with zero attached hydrogens (tertiary/aromatic N) is 2. The fraction of sp³-hybridized carbons (Fsp3) is 0.185. The summed E-state index contributed by atoms with van der Waals surface area (Å²) in [6.07, 6.45) is 3.26. The second-order valence-corrected chi connectivity index (χ2v) is 8.74. The van der Waals surface area contributed by atoms with E-state index in [1.54, 1.807) is 35.3 Å². The van der Waals surface area contributed by atoms with Crippen LogP contribution in [0.4, 0.5) is 10.1 Å². The Morgan fingerprint density at radius 1 is 1.12 bits per heavy atom. The summed E-state index contributed by atoms with van der Waals surface area (Å²) in [5, 5.41) is 7.43. The molecule has 0 radical (unpaired) electrons. The third kappa shape index (κ3) is 6.02. The molecular weight excluding hydrogens is 453 g/mol. The van der Waals surface area contributed by atoms with E-state index in [4.69, 9.17) is 16.3 Å². The molecule has 3 aromatic carbocycles. The lowest BCUT2D eigenvalue weighted by atomic mass is 10.0. The van der Waals surface area contributed by atoms with Gasteiger partial charge in [-0.2, -0.15) is 5.10 Å². The highest BCUT2D eigenvalue weighted by Crippen LogP contribution is 2.21. The number of anilines is 1. The van der Waals surface area contributed by atoms with Crippen LogP contribution in [0.25, 0.3) is 0 Å². The first kappa shape index (κ1) is 23.5. The van der Waals surface area contributed by atoms with Gasteiger partial charge in [0.05, 0.1) is 18.4 Å². The van der Waals surface area contributed by atoms with Crippen LogP contribution in [0.15, 0.2) is 79.1 Å². The highest BCUT2D eigenvalue weighted by atomic mass is 35.5. The molecule has 0 spiro atoms. The first-order valence-corrected chi connectivity index (χ1v) is 11.3. The molecule has 4 aromatic rings. The molecule has 1 heterocycles. The normalized spacial score (nSPS) is 11.0. The number of rotatable bonds is 8. The van der Waals surface area contributed by atoms with Crippen LogP contribution in [0, 0.1) is 5.82 Å². The summed E-state index contributed by atoms with van der Waals surface area (Å²) in [6, 6.07) is 19.6. The van der Waals surface area contributed by atoms with Crippen molar-refractivity contribution in [1.29, 1.82) is 0 Å². The van der Waals surface area contributed by atoms with Crippen molar-refractivity contribution < 1.29 is 13.9 Å². The zero-order valence-corrected chi connectivity index (χ0v) is 19.7. The maximum atomic E-state index is 13.2. The van der Waals surface area contributed by atoms with E-state index in [2.05, 4.69) is 36.4 Å². The second-order valence-electron chi connectivity index (χ2n) is 8.33. The molecule has 1 aromatic heterocycles. The van der Waals surface area contributed by atoms with Gasteiger partial charge in [0.15, 0.2) is 0 Å². The summed E-state index contributed by atoms with van der Waals surface area (Å²) in [5.74, 6) is 0.617. The summed E-state index contributed by atoms with van der Waals surface area (Å²) < 4.78 is 20.7. The van der Waals surface area contributed by atoms with Crippen LogP contribution < -0.4 is 10.1 Å². The average Bonchev–Trinajstić information content (AvgIpc) is 3.26. The molecule has 34 heavy (non-hydrogen) atoms. The van der Waals surface area contributed by atoms with E-state index in [-0.39, 0.29) is 11.7 Å². The largest absolute Gasteiger partial charge is 0.489 e. The Kier molecular flexibility index (Phi) is 7.28. The number of benzene rings is 3. The lowest BCUT2D eigenvalue weighted by Gasteiger charge is -2.10. The predicted octanol–water partition coefficient (Wildman–Crippen LogP) is 6.68. The summed E-state index contributed by atoms with van der Waals surface area (Å²) in [6.45, 7) is 5.02. The quantitative estimate of drug-likeness (QED) is 0.308. The molecule has 0 aliphatic carbocycles. The maximum absolute atomic E-state index is 13.2. The number of carbonyl (C=O) groups excluding carboxylic acids is 1. The summed E-state index contributed by atoms with van der Waals surface area (Å²) >= 11 is 6.09. The third-order valence-electron chi connectivity index (χ3n) is 5.38. The van der Waals surface area contributed by atoms with Crippen LogP contribution in [0.2, 0.25) is 5.02 Å². The standard InChI is InChI=1S/C27H25ClFN3O2/c1-18(2)20-7-10-25(11-8-20)34-17-19-4-3-5-21(12-19)27(33)31-24-14-30-32(16-24)15-22-6-9-23(29)13-26(22)28/h3-14,16,18H,15,17H2,1-2H3,(H,31,33). The summed E-state index contributed by atoms with van der Waals surface area (Å²) in [5.41, 5.74) is 3.95. The van der Waals surface area contributed by atoms with E-state index < -0.39 is 0 Å². The van der Waals surface area contributed by atoms with Gasteiger partial charge in [-0.25, -0.2) is 4.39 Å². The SMILES string of the molecule is CC(C)c1ccc(OCc2cccc(C(=O)Nc3cnn(Cc4ccc(F)cc4Cl)c3)c2)cc1. The minimum Gasteiger partial charge on any atom is -0.489 e. The molecular formula is C27H25ClFN3O2. The summed E-state index contributed by atoms with van der Waals surface area (Å²) in [4.78, 5) is 12.7. The number of amides is 1. The molecule has 0 bridgehead atoms. The van der Waals surface area contributed by atoms with Crippen molar-refractivity contribution in [2.45, 2.75) is 32.9 Å². The Morgan fingerprint density at radius 2 is 1.91 bits per heavy atom. The number of hydrogen-bond donors (Lipinski definition) is 1. The van der Waals surface area contributed by atoms with Gasteiger partial charge in [0.1, 0.15) is 18.2 Å². The van der Waals surface area contributed by atoms with Gasteiger partial charge in [-0.05, 0) is 59.0 Å². The molecule has 0 unspecified atom stereocenters.